The number of rotatable bonds is 3. The Morgan fingerprint density at radius 2 is 2.00 bits per heavy atom. The van der Waals surface area contributed by atoms with Crippen molar-refractivity contribution in [3.63, 3.8) is 0 Å². The Hall–Kier alpha value is 0.250. The zero-order valence-electron chi connectivity index (χ0n) is 5.74. The minimum atomic E-state index is 0.148. The maximum atomic E-state index is 5.75. The first-order valence-electron chi connectivity index (χ1n) is 2.98. The van der Waals surface area contributed by atoms with Crippen LogP contribution in [-0.2, 0) is 0 Å². The molecule has 1 N–H and O–H groups in total. The van der Waals surface area contributed by atoms with Crippen molar-refractivity contribution in [2.45, 2.75) is 25.8 Å². The second-order valence-electron chi connectivity index (χ2n) is 2.39. The van der Waals surface area contributed by atoms with E-state index in [9.17, 15) is 0 Å². The molecule has 50 valence electrons. The Morgan fingerprint density at radius 1 is 1.50 bits per heavy atom. The Morgan fingerprint density at radius 3 is 2.12 bits per heavy atom. The van der Waals surface area contributed by atoms with Gasteiger partial charge in [0, 0.05) is 0 Å². The lowest BCUT2D eigenvalue weighted by Gasteiger charge is -2.09. The van der Waals surface area contributed by atoms with E-state index in [1.54, 1.807) is 0 Å². The van der Waals surface area contributed by atoms with Crippen LogP contribution in [0.3, 0.4) is 0 Å². The molecule has 0 rings (SSSR count). The summed E-state index contributed by atoms with van der Waals surface area (Å²) in [7, 11) is 1.88. The Labute approximate surface area is 56.4 Å². The molecule has 0 aliphatic carbocycles. The van der Waals surface area contributed by atoms with Crippen LogP contribution < -0.4 is 5.32 Å². The van der Waals surface area contributed by atoms with Gasteiger partial charge in [0.05, 0.1) is 5.50 Å². The summed E-state index contributed by atoms with van der Waals surface area (Å²) in [6, 6.07) is 0. The molecule has 0 fully saturated rings. The van der Waals surface area contributed by atoms with Gasteiger partial charge in [-0.1, -0.05) is 13.8 Å². The van der Waals surface area contributed by atoms with Gasteiger partial charge in [-0.25, -0.2) is 0 Å². The van der Waals surface area contributed by atoms with Crippen LogP contribution in [0.2, 0.25) is 0 Å². The van der Waals surface area contributed by atoms with Crippen molar-refractivity contribution in [3.8, 4) is 0 Å². The monoisotopic (exact) mass is 135 g/mol. The van der Waals surface area contributed by atoms with Gasteiger partial charge in [-0.05, 0) is 19.4 Å². The van der Waals surface area contributed by atoms with E-state index in [2.05, 4.69) is 19.2 Å². The molecule has 0 aliphatic rings. The minimum absolute atomic E-state index is 0.148. The summed E-state index contributed by atoms with van der Waals surface area (Å²) in [4.78, 5) is 0. The molecule has 1 unspecified atom stereocenters. The first-order valence-corrected chi connectivity index (χ1v) is 3.41. The second-order valence-corrected chi connectivity index (χ2v) is 2.91. The van der Waals surface area contributed by atoms with Gasteiger partial charge in [-0.3, -0.25) is 0 Å². The third-order valence-corrected chi connectivity index (χ3v) is 1.39. The van der Waals surface area contributed by atoms with E-state index in [1.165, 1.54) is 0 Å². The number of nitrogens with one attached hydrogen (secondary N) is 1. The van der Waals surface area contributed by atoms with Crippen LogP contribution in [0.4, 0.5) is 0 Å². The Balaban J connectivity index is 3.10. The molecule has 0 saturated carbocycles. The Bertz CT molecular complexity index is 54.5. The highest BCUT2D eigenvalue weighted by molar-refractivity contribution is 6.20. The van der Waals surface area contributed by atoms with Gasteiger partial charge in [-0.2, -0.15) is 0 Å². The van der Waals surface area contributed by atoms with Crippen LogP contribution in [0.15, 0.2) is 0 Å². The molecular formula is C6H14ClN. The molecule has 2 heteroatoms. The average molecular weight is 136 g/mol. The minimum Gasteiger partial charge on any atom is -0.304 e. The predicted molar refractivity (Wildman–Crippen MR) is 38.2 cm³/mol. The quantitative estimate of drug-likeness (QED) is 0.460. The van der Waals surface area contributed by atoms with Gasteiger partial charge in [0.25, 0.3) is 0 Å². The van der Waals surface area contributed by atoms with Crippen LogP contribution >= 0.6 is 11.6 Å². The van der Waals surface area contributed by atoms with Crippen molar-refractivity contribution in [1.82, 2.24) is 5.32 Å². The highest BCUT2D eigenvalue weighted by Crippen LogP contribution is 2.06. The molecule has 0 amide bonds. The largest absolute Gasteiger partial charge is 0.304 e. The third kappa shape index (κ3) is 4.41. The van der Waals surface area contributed by atoms with Crippen molar-refractivity contribution in [1.29, 1.82) is 0 Å². The number of halogens is 1. The number of hydrogen-bond acceptors (Lipinski definition) is 1. The van der Waals surface area contributed by atoms with Gasteiger partial charge >= 0.3 is 0 Å². The van der Waals surface area contributed by atoms with Gasteiger partial charge in [-0.15, -0.1) is 11.6 Å². The fourth-order valence-electron chi connectivity index (χ4n) is 0.532. The SMILES string of the molecule is CNC(Cl)CC(C)C. The maximum Gasteiger partial charge on any atom is 0.0825 e. The van der Waals surface area contributed by atoms with E-state index < -0.39 is 0 Å². The summed E-state index contributed by atoms with van der Waals surface area (Å²) in [5.41, 5.74) is 0.148. The van der Waals surface area contributed by atoms with E-state index in [4.69, 9.17) is 11.6 Å². The molecule has 0 radical (unpaired) electrons. The summed E-state index contributed by atoms with van der Waals surface area (Å²) < 4.78 is 0. The topological polar surface area (TPSA) is 12.0 Å². The number of hydrogen-bond donors (Lipinski definition) is 1. The summed E-state index contributed by atoms with van der Waals surface area (Å²) in [5, 5.41) is 2.96. The first kappa shape index (κ1) is 8.25. The van der Waals surface area contributed by atoms with Gasteiger partial charge < -0.3 is 5.32 Å². The smallest absolute Gasteiger partial charge is 0.0825 e. The van der Waals surface area contributed by atoms with E-state index in [0.717, 1.165) is 6.42 Å². The molecule has 0 heterocycles. The summed E-state index contributed by atoms with van der Waals surface area (Å²) in [6.07, 6.45) is 1.04. The average Bonchev–Trinajstić information content (AvgIpc) is 1.65. The zero-order chi connectivity index (χ0) is 6.57. The van der Waals surface area contributed by atoms with Crippen LogP contribution in [-0.4, -0.2) is 12.5 Å². The fraction of sp³-hybridized carbons (Fsp3) is 1.00. The highest BCUT2D eigenvalue weighted by atomic mass is 35.5. The number of alkyl halides is 1. The zero-order valence-corrected chi connectivity index (χ0v) is 6.50. The van der Waals surface area contributed by atoms with E-state index >= 15 is 0 Å². The fourth-order valence-corrected chi connectivity index (χ4v) is 0.888. The molecule has 0 aliphatic heterocycles. The normalized spacial score (nSPS) is 14.6. The Kier molecular flexibility index (Phi) is 4.29. The molecule has 0 aromatic carbocycles. The first-order chi connectivity index (χ1) is 3.66. The van der Waals surface area contributed by atoms with Crippen LogP contribution in [0.25, 0.3) is 0 Å². The second kappa shape index (κ2) is 4.16. The van der Waals surface area contributed by atoms with Crippen molar-refractivity contribution >= 4 is 11.6 Å². The lowest BCUT2D eigenvalue weighted by atomic mass is 10.1. The third-order valence-electron chi connectivity index (χ3n) is 0.992. The van der Waals surface area contributed by atoms with Gasteiger partial charge in [0.15, 0.2) is 0 Å². The molecule has 0 aromatic heterocycles. The summed E-state index contributed by atoms with van der Waals surface area (Å²) in [5.74, 6) is 0.685. The lowest BCUT2D eigenvalue weighted by molar-refractivity contribution is 0.531. The van der Waals surface area contributed by atoms with Crippen LogP contribution in [0.5, 0.6) is 0 Å². The molecule has 1 nitrogen and oxygen atoms in total. The van der Waals surface area contributed by atoms with E-state index in [1.807, 2.05) is 7.05 Å². The molecule has 0 bridgehead atoms. The summed E-state index contributed by atoms with van der Waals surface area (Å²) in [6.45, 7) is 4.32. The predicted octanol–water partition coefficient (Wildman–Crippen LogP) is 1.82. The highest BCUT2D eigenvalue weighted by Gasteiger charge is 2.01. The van der Waals surface area contributed by atoms with Gasteiger partial charge in [0.1, 0.15) is 0 Å². The van der Waals surface area contributed by atoms with E-state index in [0.29, 0.717) is 5.92 Å². The molecule has 1 atom stereocenters. The molecule has 8 heavy (non-hydrogen) atoms. The van der Waals surface area contributed by atoms with Crippen molar-refractivity contribution in [2.75, 3.05) is 7.05 Å². The summed E-state index contributed by atoms with van der Waals surface area (Å²) >= 11 is 5.75. The van der Waals surface area contributed by atoms with Crippen molar-refractivity contribution < 1.29 is 0 Å². The maximum absolute atomic E-state index is 5.75. The molecular weight excluding hydrogens is 122 g/mol. The van der Waals surface area contributed by atoms with Crippen molar-refractivity contribution in [3.05, 3.63) is 0 Å². The molecule has 0 aromatic rings. The standard InChI is InChI=1S/C6H14ClN/c1-5(2)4-6(7)8-3/h5-6,8H,4H2,1-3H3. The van der Waals surface area contributed by atoms with E-state index in [-0.39, 0.29) is 5.50 Å². The lowest BCUT2D eigenvalue weighted by Crippen LogP contribution is -2.19. The molecule has 0 spiro atoms. The van der Waals surface area contributed by atoms with Crippen LogP contribution in [0.1, 0.15) is 20.3 Å². The van der Waals surface area contributed by atoms with Gasteiger partial charge in [0.2, 0.25) is 0 Å². The van der Waals surface area contributed by atoms with Crippen molar-refractivity contribution in [2.24, 2.45) is 5.92 Å². The molecule has 0 saturated heterocycles. The van der Waals surface area contributed by atoms with Crippen LogP contribution in [0, 0.1) is 5.92 Å².